The summed E-state index contributed by atoms with van der Waals surface area (Å²) in [5, 5.41) is 9.62. The summed E-state index contributed by atoms with van der Waals surface area (Å²) in [4.78, 5) is 9.34. The van der Waals surface area contributed by atoms with Crippen LogP contribution in [0.5, 0.6) is 0 Å². The van der Waals surface area contributed by atoms with Crippen LogP contribution < -0.4 is 4.90 Å². The zero-order valence-corrected chi connectivity index (χ0v) is 10.9. The summed E-state index contributed by atoms with van der Waals surface area (Å²) >= 11 is 0. The van der Waals surface area contributed by atoms with Gasteiger partial charge in [-0.05, 0) is 37.5 Å². The lowest BCUT2D eigenvalue weighted by Gasteiger charge is -2.35. The monoisotopic (exact) mass is 247 g/mol. The molecule has 98 valence electrons. The number of anilines is 1. The molecule has 0 aromatic carbocycles. The van der Waals surface area contributed by atoms with E-state index in [2.05, 4.69) is 14.8 Å². The number of rotatable bonds is 3. The maximum absolute atomic E-state index is 9.62. The highest BCUT2D eigenvalue weighted by Crippen LogP contribution is 2.28. The molecule has 4 heteroatoms. The Bertz CT molecular complexity index is 409. The Morgan fingerprint density at radius 2 is 2.00 bits per heavy atom. The Morgan fingerprint density at radius 3 is 2.61 bits per heavy atom. The largest absolute Gasteiger partial charge is 0.389 e. The first-order valence-corrected chi connectivity index (χ1v) is 6.87. The topological polar surface area (TPSA) is 39.6 Å². The van der Waals surface area contributed by atoms with Gasteiger partial charge in [0.2, 0.25) is 0 Å². The van der Waals surface area contributed by atoms with Crippen LogP contribution in [-0.2, 0) is 0 Å². The van der Waals surface area contributed by atoms with Crippen LogP contribution in [0, 0.1) is 0 Å². The minimum atomic E-state index is -0.417. The Hall–Kier alpha value is -1.13. The molecule has 2 aliphatic rings. The van der Waals surface area contributed by atoms with Crippen LogP contribution in [0.25, 0.3) is 0 Å². The predicted octanol–water partition coefficient (Wildman–Crippen LogP) is 1.42. The maximum Gasteiger partial charge on any atom is 0.128 e. The molecule has 18 heavy (non-hydrogen) atoms. The van der Waals surface area contributed by atoms with Gasteiger partial charge in [-0.3, -0.25) is 4.90 Å². The normalized spacial score (nSPS) is 23.1. The number of aliphatic hydroxyl groups is 1. The second-order valence-electron chi connectivity index (χ2n) is 5.38. The molecule has 4 nitrogen and oxygen atoms in total. The molecule has 0 bridgehead atoms. The first kappa shape index (κ1) is 11.9. The van der Waals surface area contributed by atoms with Gasteiger partial charge in [0.1, 0.15) is 5.82 Å². The lowest BCUT2D eigenvalue weighted by Crippen LogP contribution is -2.47. The summed E-state index contributed by atoms with van der Waals surface area (Å²) in [6.45, 7) is 6.18. The van der Waals surface area contributed by atoms with Crippen LogP contribution in [0.1, 0.15) is 31.4 Å². The van der Waals surface area contributed by atoms with E-state index < -0.39 is 6.10 Å². The summed E-state index contributed by atoms with van der Waals surface area (Å²) in [6, 6.07) is 4.76. The Morgan fingerprint density at radius 1 is 1.28 bits per heavy atom. The van der Waals surface area contributed by atoms with Crippen molar-refractivity contribution in [2.75, 3.05) is 31.1 Å². The van der Waals surface area contributed by atoms with E-state index >= 15 is 0 Å². The molecule has 1 saturated heterocycles. The van der Waals surface area contributed by atoms with E-state index in [1.165, 1.54) is 12.8 Å². The van der Waals surface area contributed by atoms with Gasteiger partial charge in [-0.25, -0.2) is 4.98 Å². The molecule has 1 saturated carbocycles. The van der Waals surface area contributed by atoms with E-state index in [1.54, 1.807) is 13.1 Å². The third-order valence-corrected chi connectivity index (χ3v) is 3.95. The molecule has 1 atom stereocenters. The molecular weight excluding hydrogens is 226 g/mol. The van der Waals surface area contributed by atoms with Crippen LogP contribution in [0.3, 0.4) is 0 Å². The SMILES string of the molecule is CC(O)c1ccnc(N2CCN(C3CC3)CC2)c1. The van der Waals surface area contributed by atoms with Crippen LogP contribution in [0.4, 0.5) is 5.82 Å². The average Bonchev–Trinajstić information content (AvgIpc) is 3.23. The molecule has 3 rings (SSSR count). The fourth-order valence-electron chi connectivity index (χ4n) is 2.62. The van der Waals surface area contributed by atoms with Gasteiger partial charge in [-0.1, -0.05) is 0 Å². The summed E-state index contributed by atoms with van der Waals surface area (Å²) in [6.07, 6.45) is 4.15. The van der Waals surface area contributed by atoms with E-state index in [4.69, 9.17) is 0 Å². The van der Waals surface area contributed by atoms with Crippen molar-refractivity contribution in [3.05, 3.63) is 23.9 Å². The van der Waals surface area contributed by atoms with Crippen molar-refractivity contribution in [3.8, 4) is 0 Å². The van der Waals surface area contributed by atoms with Gasteiger partial charge in [0, 0.05) is 38.4 Å². The van der Waals surface area contributed by atoms with E-state index in [9.17, 15) is 5.11 Å². The van der Waals surface area contributed by atoms with Gasteiger partial charge < -0.3 is 10.0 Å². The van der Waals surface area contributed by atoms with Crippen molar-refractivity contribution in [1.82, 2.24) is 9.88 Å². The van der Waals surface area contributed by atoms with E-state index in [0.29, 0.717) is 0 Å². The van der Waals surface area contributed by atoms with Crippen molar-refractivity contribution >= 4 is 5.82 Å². The van der Waals surface area contributed by atoms with Crippen LogP contribution in [0.2, 0.25) is 0 Å². The summed E-state index contributed by atoms with van der Waals surface area (Å²) in [5.74, 6) is 1.00. The summed E-state index contributed by atoms with van der Waals surface area (Å²) < 4.78 is 0. The van der Waals surface area contributed by atoms with Gasteiger partial charge in [-0.15, -0.1) is 0 Å². The number of piperazine rings is 1. The van der Waals surface area contributed by atoms with Gasteiger partial charge in [0.15, 0.2) is 0 Å². The number of aromatic nitrogens is 1. The molecule has 0 radical (unpaired) electrons. The zero-order chi connectivity index (χ0) is 12.5. The second kappa shape index (κ2) is 4.86. The third kappa shape index (κ3) is 2.49. The maximum atomic E-state index is 9.62. The van der Waals surface area contributed by atoms with Crippen LogP contribution in [-0.4, -0.2) is 47.2 Å². The van der Waals surface area contributed by atoms with Crippen molar-refractivity contribution in [2.24, 2.45) is 0 Å². The average molecular weight is 247 g/mol. The highest BCUT2D eigenvalue weighted by molar-refractivity contribution is 5.42. The molecular formula is C14H21N3O. The molecule has 2 heterocycles. The van der Waals surface area contributed by atoms with Crippen molar-refractivity contribution in [1.29, 1.82) is 0 Å². The second-order valence-corrected chi connectivity index (χ2v) is 5.38. The molecule has 1 aliphatic heterocycles. The van der Waals surface area contributed by atoms with Crippen LogP contribution in [0.15, 0.2) is 18.3 Å². The highest BCUT2D eigenvalue weighted by Gasteiger charge is 2.31. The number of nitrogens with zero attached hydrogens (tertiary/aromatic N) is 3. The molecule has 2 fully saturated rings. The minimum absolute atomic E-state index is 0.417. The molecule has 1 unspecified atom stereocenters. The number of aliphatic hydroxyl groups excluding tert-OH is 1. The third-order valence-electron chi connectivity index (χ3n) is 3.95. The van der Waals surface area contributed by atoms with E-state index in [-0.39, 0.29) is 0 Å². The highest BCUT2D eigenvalue weighted by atomic mass is 16.3. The molecule has 0 spiro atoms. The Balaban J connectivity index is 1.66. The molecule has 1 aliphatic carbocycles. The van der Waals surface area contributed by atoms with Crippen LogP contribution >= 0.6 is 0 Å². The lowest BCUT2D eigenvalue weighted by molar-refractivity contribution is 0.199. The van der Waals surface area contributed by atoms with Crippen molar-refractivity contribution < 1.29 is 5.11 Å². The fourth-order valence-corrected chi connectivity index (χ4v) is 2.62. The van der Waals surface area contributed by atoms with Gasteiger partial charge in [0.05, 0.1) is 6.10 Å². The fraction of sp³-hybridized carbons (Fsp3) is 0.643. The summed E-state index contributed by atoms with van der Waals surface area (Å²) in [7, 11) is 0. The Labute approximate surface area is 108 Å². The molecule has 1 N–H and O–H groups in total. The standard InChI is InChI=1S/C14H21N3O/c1-11(18)12-4-5-15-14(10-12)17-8-6-16(7-9-17)13-2-3-13/h4-5,10-11,13,18H,2-3,6-9H2,1H3. The number of pyridine rings is 1. The smallest absolute Gasteiger partial charge is 0.128 e. The molecule has 0 amide bonds. The minimum Gasteiger partial charge on any atom is -0.389 e. The quantitative estimate of drug-likeness (QED) is 0.877. The molecule has 1 aromatic rings. The predicted molar refractivity (Wildman–Crippen MR) is 71.7 cm³/mol. The summed E-state index contributed by atoms with van der Waals surface area (Å²) in [5.41, 5.74) is 0.949. The lowest BCUT2D eigenvalue weighted by atomic mass is 10.1. The van der Waals surface area contributed by atoms with Crippen molar-refractivity contribution in [3.63, 3.8) is 0 Å². The van der Waals surface area contributed by atoms with Crippen molar-refractivity contribution in [2.45, 2.75) is 31.9 Å². The number of hydrogen-bond acceptors (Lipinski definition) is 4. The first-order valence-electron chi connectivity index (χ1n) is 6.87. The van der Waals surface area contributed by atoms with E-state index in [0.717, 1.165) is 43.6 Å². The number of hydrogen-bond donors (Lipinski definition) is 1. The zero-order valence-electron chi connectivity index (χ0n) is 10.9. The van der Waals surface area contributed by atoms with Gasteiger partial charge in [0.25, 0.3) is 0 Å². The van der Waals surface area contributed by atoms with Gasteiger partial charge >= 0.3 is 0 Å². The first-order chi connectivity index (χ1) is 8.74. The van der Waals surface area contributed by atoms with E-state index in [1.807, 2.05) is 12.1 Å². The molecule has 1 aromatic heterocycles. The van der Waals surface area contributed by atoms with Gasteiger partial charge in [-0.2, -0.15) is 0 Å². The Kier molecular flexibility index (Phi) is 3.22.